The summed E-state index contributed by atoms with van der Waals surface area (Å²) in [5, 5.41) is 10.8. The molecular formula is C43H58ClN11O4. The van der Waals surface area contributed by atoms with Crippen LogP contribution in [0.2, 0.25) is 5.28 Å². The summed E-state index contributed by atoms with van der Waals surface area (Å²) in [7, 11) is 3.31. The number of pyridine rings is 2. The Kier molecular flexibility index (Phi) is 15.8. The molecule has 0 aromatic carbocycles. The van der Waals surface area contributed by atoms with Crippen molar-refractivity contribution in [2.45, 2.75) is 121 Å². The molecule has 0 amide bonds. The van der Waals surface area contributed by atoms with Crippen LogP contribution in [0.25, 0.3) is 22.1 Å². The van der Waals surface area contributed by atoms with E-state index in [4.69, 9.17) is 30.5 Å². The van der Waals surface area contributed by atoms with Gasteiger partial charge in [-0.3, -0.25) is 9.97 Å². The highest BCUT2D eigenvalue weighted by Crippen LogP contribution is 2.31. The second-order valence-corrected chi connectivity index (χ2v) is 15.8. The Labute approximate surface area is 351 Å². The Bertz CT molecular complexity index is 2080. The van der Waals surface area contributed by atoms with Crippen molar-refractivity contribution in [1.82, 2.24) is 39.9 Å². The number of hydrogen-bond acceptors (Lipinski definition) is 15. The van der Waals surface area contributed by atoms with Crippen LogP contribution in [0, 0.1) is 0 Å². The first-order valence-electron chi connectivity index (χ1n) is 21.4. The third kappa shape index (κ3) is 12.2. The van der Waals surface area contributed by atoms with Crippen molar-refractivity contribution in [3.8, 4) is 12.0 Å². The van der Waals surface area contributed by atoms with Crippen LogP contribution in [0.4, 0.5) is 17.5 Å². The third-order valence-electron chi connectivity index (χ3n) is 11.1. The molecule has 3 saturated carbocycles. The second kappa shape index (κ2) is 22.0. The van der Waals surface area contributed by atoms with Crippen molar-refractivity contribution in [2.24, 2.45) is 0 Å². The summed E-state index contributed by atoms with van der Waals surface area (Å²) < 4.78 is 21.2. The van der Waals surface area contributed by atoms with Gasteiger partial charge in [-0.1, -0.05) is 38.5 Å². The van der Waals surface area contributed by atoms with Crippen molar-refractivity contribution in [3.05, 3.63) is 53.2 Å². The molecule has 5 heterocycles. The van der Waals surface area contributed by atoms with Crippen LogP contribution < -0.4 is 25.4 Å². The monoisotopic (exact) mass is 827 g/mol. The molecule has 0 aliphatic heterocycles. The Morgan fingerprint density at radius 2 is 1.02 bits per heavy atom. The van der Waals surface area contributed by atoms with Gasteiger partial charge in [0.1, 0.15) is 30.1 Å². The molecule has 0 radical (unpaired) electrons. The van der Waals surface area contributed by atoms with Gasteiger partial charge in [-0.05, 0) is 100 Å². The molecule has 316 valence electrons. The number of methoxy groups -OCH3 is 2. The van der Waals surface area contributed by atoms with Crippen molar-refractivity contribution in [2.75, 3.05) is 56.6 Å². The number of aryl methyl sites for hydroxylation is 1. The van der Waals surface area contributed by atoms with E-state index in [1.165, 1.54) is 101 Å². The van der Waals surface area contributed by atoms with Gasteiger partial charge in [0.05, 0.1) is 29.9 Å². The number of aromatic nitrogens is 8. The van der Waals surface area contributed by atoms with E-state index >= 15 is 0 Å². The number of ether oxygens (including phenoxy) is 4. The maximum absolute atomic E-state index is 5.92. The number of nitrogens with zero attached hydrogens (tertiary/aromatic N) is 8. The zero-order valence-corrected chi connectivity index (χ0v) is 35.2. The predicted molar refractivity (Wildman–Crippen MR) is 231 cm³/mol. The van der Waals surface area contributed by atoms with Crippen LogP contribution in [0.5, 0.6) is 12.0 Å². The number of fused-ring (bicyclic) bond motifs is 3. The summed E-state index contributed by atoms with van der Waals surface area (Å²) in [4.78, 5) is 35.2. The van der Waals surface area contributed by atoms with Crippen LogP contribution in [0.15, 0.2) is 36.7 Å². The summed E-state index contributed by atoms with van der Waals surface area (Å²) >= 11 is 5.92. The van der Waals surface area contributed by atoms with E-state index in [1.54, 1.807) is 26.6 Å². The van der Waals surface area contributed by atoms with Crippen molar-refractivity contribution in [1.29, 1.82) is 0 Å². The van der Waals surface area contributed by atoms with E-state index < -0.39 is 0 Å². The van der Waals surface area contributed by atoms with Gasteiger partial charge in [0.2, 0.25) is 5.28 Å². The molecule has 4 aliphatic carbocycles. The predicted octanol–water partition coefficient (Wildman–Crippen LogP) is 8.17. The highest BCUT2D eigenvalue weighted by Gasteiger charge is 2.23. The average molecular weight is 828 g/mol. The van der Waals surface area contributed by atoms with Crippen LogP contribution >= 0.6 is 11.6 Å². The molecule has 5 aromatic rings. The SMILES string of the molecule is COCCOc1nc(NC2CCCC2)c2ncccc2n1.COCCOc1nc2c(c(NC3CCCC3)n1)CCCC2.Clc1nc(NC2CCCC2)c2ncccc2n1. The first-order valence-corrected chi connectivity index (χ1v) is 21.8. The molecule has 0 saturated heterocycles. The van der Waals surface area contributed by atoms with Gasteiger partial charge in [-0.15, -0.1) is 0 Å². The molecule has 0 bridgehead atoms. The Morgan fingerprint density at radius 3 is 1.58 bits per heavy atom. The molecule has 3 N–H and O–H groups in total. The minimum absolute atomic E-state index is 0.269. The van der Waals surface area contributed by atoms with Gasteiger partial charge >= 0.3 is 12.0 Å². The second-order valence-electron chi connectivity index (χ2n) is 15.5. The molecule has 5 aromatic heterocycles. The molecule has 0 atom stereocenters. The smallest absolute Gasteiger partial charge is 0.319 e. The molecule has 0 spiro atoms. The molecule has 9 rings (SSSR count). The summed E-state index contributed by atoms with van der Waals surface area (Å²) in [6.07, 6.45) is 23.1. The molecule has 0 unspecified atom stereocenters. The third-order valence-corrected chi connectivity index (χ3v) is 11.3. The van der Waals surface area contributed by atoms with E-state index in [2.05, 4.69) is 55.8 Å². The van der Waals surface area contributed by atoms with Gasteiger partial charge in [-0.25, -0.2) is 4.98 Å². The zero-order valence-electron chi connectivity index (χ0n) is 34.4. The summed E-state index contributed by atoms with van der Waals surface area (Å²) in [5.74, 6) is 2.53. The maximum atomic E-state index is 5.92. The lowest BCUT2D eigenvalue weighted by molar-refractivity contribution is 0.140. The standard InChI is InChI=1S/C16H25N3O2.C15H20N4O2.C12H13ClN4/c1-20-10-11-21-16-18-14-9-5-4-8-13(14)15(19-16)17-12-6-2-3-7-12;1-20-9-10-21-15-18-12-7-4-8-16-13(12)14(19-15)17-11-5-2-3-6-11;13-12-16-9-6-3-7-14-10(9)11(17-12)15-8-4-1-2-5-8/h12H,2-11H2,1H3,(H,17,18,19);4,7-8,11H,2-3,5-6,9-10H2,1H3,(H,17,18,19);3,6-8H,1-2,4-5H2,(H,15,16,17). The number of rotatable bonds is 14. The number of hydrogen-bond donors (Lipinski definition) is 3. The Morgan fingerprint density at radius 1 is 0.542 bits per heavy atom. The first kappa shape index (κ1) is 42.4. The quantitative estimate of drug-likeness (QED) is 0.0721. The van der Waals surface area contributed by atoms with Crippen LogP contribution in [-0.4, -0.2) is 98.6 Å². The van der Waals surface area contributed by atoms with Crippen molar-refractivity contribution < 1.29 is 18.9 Å². The van der Waals surface area contributed by atoms with Crippen LogP contribution in [0.1, 0.15) is 101 Å². The van der Waals surface area contributed by atoms with E-state index in [1.807, 2.05) is 24.3 Å². The first-order chi connectivity index (χ1) is 29.1. The topological polar surface area (TPSA) is 176 Å². The highest BCUT2D eigenvalue weighted by molar-refractivity contribution is 6.28. The molecule has 59 heavy (non-hydrogen) atoms. The van der Waals surface area contributed by atoms with E-state index in [0.29, 0.717) is 56.6 Å². The fourth-order valence-corrected chi connectivity index (χ4v) is 8.31. The van der Waals surface area contributed by atoms with E-state index in [0.717, 1.165) is 52.4 Å². The largest absolute Gasteiger partial charge is 0.461 e. The van der Waals surface area contributed by atoms with Gasteiger partial charge in [0.25, 0.3) is 0 Å². The zero-order chi connectivity index (χ0) is 40.7. The lowest BCUT2D eigenvalue weighted by atomic mass is 9.96. The van der Waals surface area contributed by atoms with E-state index in [-0.39, 0.29) is 5.28 Å². The average Bonchev–Trinajstić information content (AvgIpc) is 4.08. The van der Waals surface area contributed by atoms with Gasteiger partial charge < -0.3 is 34.9 Å². The lowest BCUT2D eigenvalue weighted by Crippen LogP contribution is -2.20. The lowest BCUT2D eigenvalue weighted by Gasteiger charge is -2.22. The summed E-state index contributed by atoms with van der Waals surface area (Å²) in [5.41, 5.74) is 5.65. The molecule has 15 nitrogen and oxygen atoms in total. The number of nitrogens with one attached hydrogen (secondary N) is 3. The molecule has 3 fully saturated rings. The molecule has 16 heteroatoms. The van der Waals surface area contributed by atoms with Crippen LogP contribution in [-0.2, 0) is 22.3 Å². The minimum Gasteiger partial charge on any atom is -0.461 e. The van der Waals surface area contributed by atoms with Gasteiger partial charge in [0.15, 0.2) is 11.6 Å². The molecule has 4 aliphatic rings. The Hall–Kier alpha value is -4.73. The normalized spacial score (nSPS) is 16.9. The highest BCUT2D eigenvalue weighted by atomic mass is 35.5. The fourth-order valence-electron chi connectivity index (χ4n) is 8.13. The number of halogens is 1. The van der Waals surface area contributed by atoms with E-state index in [9.17, 15) is 0 Å². The number of anilines is 3. The van der Waals surface area contributed by atoms with Crippen molar-refractivity contribution >= 4 is 51.1 Å². The summed E-state index contributed by atoms with van der Waals surface area (Å²) in [6, 6.07) is 9.93. The van der Waals surface area contributed by atoms with Crippen molar-refractivity contribution in [3.63, 3.8) is 0 Å². The Balaban J connectivity index is 0.000000135. The minimum atomic E-state index is 0.269. The molecular weight excluding hydrogens is 770 g/mol. The summed E-state index contributed by atoms with van der Waals surface area (Å²) in [6.45, 7) is 2.01. The van der Waals surface area contributed by atoms with Gasteiger partial charge in [-0.2, -0.15) is 24.9 Å². The van der Waals surface area contributed by atoms with Gasteiger partial charge in [0, 0.05) is 50.3 Å². The van der Waals surface area contributed by atoms with Crippen LogP contribution in [0.3, 0.4) is 0 Å². The maximum Gasteiger partial charge on any atom is 0.319 e. The fraction of sp³-hybridized carbons (Fsp3) is 0.581.